The standard InChI is InChI=1S/C13H25NO3/c1-13(2,3)14(12(16)17)11-6-4-10(5-7-11)8-9-15/h10-11,15H,4-9H2,1-3H3,(H,16,17). The molecule has 1 fully saturated rings. The number of aliphatic hydroxyl groups is 1. The number of nitrogens with zero attached hydrogens (tertiary/aromatic N) is 1. The number of carbonyl (C=O) groups is 1. The summed E-state index contributed by atoms with van der Waals surface area (Å²) in [6.07, 6.45) is 3.96. The van der Waals surface area contributed by atoms with Gasteiger partial charge in [-0.3, -0.25) is 0 Å². The molecule has 1 aliphatic rings. The van der Waals surface area contributed by atoms with E-state index in [0.29, 0.717) is 5.92 Å². The zero-order valence-electron chi connectivity index (χ0n) is 11.1. The van der Waals surface area contributed by atoms with Crippen LogP contribution in [-0.2, 0) is 0 Å². The zero-order chi connectivity index (χ0) is 13.1. The first-order valence-electron chi connectivity index (χ1n) is 6.49. The van der Waals surface area contributed by atoms with Crippen molar-refractivity contribution in [3.8, 4) is 0 Å². The monoisotopic (exact) mass is 243 g/mol. The van der Waals surface area contributed by atoms with Crippen LogP contribution in [0.5, 0.6) is 0 Å². The molecule has 2 N–H and O–H groups in total. The van der Waals surface area contributed by atoms with Gasteiger partial charge in [0.15, 0.2) is 0 Å². The van der Waals surface area contributed by atoms with E-state index in [1.807, 2.05) is 20.8 Å². The Balaban J connectivity index is 2.59. The molecule has 0 aliphatic heterocycles. The zero-order valence-corrected chi connectivity index (χ0v) is 11.1. The van der Waals surface area contributed by atoms with Crippen molar-refractivity contribution < 1.29 is 15.0 Å². The van der Waals surface area contributed by atoms with Gasteiger partial charge < -0.3 is 15.1 Å². The predicted molar refractivity (Wildman–Crippen MR) is 67.1 cm³/mol. The van der Waals surface area contributed by atoms with Crippen molar-refractivity contribution in [1.82, 2.24) is 4.90 Å². The number of hydrogen-bond donors (Lipinski definition) is 2. The second kappa shape index (κ2) is 5.71. The Morgan fingerprint density at radius 2 is 1.76 bits per heavy atom. The molecule has 1 rings (SSSR count). The molecule has 0 atom stereocenters. The van der Waals surface area contributed by atoms with Crippen molar-refractivity contribution in [3.63, 3.8) is 0 Å². The average Bonchev–Trinajstić information content (AvgIpc) is 2.18. The van der Waals surface area contributed by atoms with Crippen LogP contribution in [0.4, 0.5) is 4.79 Å². The Bertz CT molecular complexity index is 252. The summed E-state index contributed by atoms with van der Waals surface area (Å²) in [7, 11) is 0. The Hall–Kier alpha value is -0.770. The molecule has 0 bridgehead atoms. The van der Waals surface area contributed by atoms with E-state index in [-0.39, 0.29) is 18.2 Å². The third-order valence-corrected chi connectivity index (χ3v) is 3.65. The summed E-state index contributed by atoms with van der Waals surface area (Å²) >= 11 is 0. The molecule has 0 aromatic carbocycles. The third kappa shape index (κ3) is 3.87. The van der Waals surface area contributed by atoms with Crippen LogP contribution < -0.4 is 0 Å². The van der Waals surface area contributed by atoms with Crippen molar-refractivity contribution >= 4 is 6.09 Å². The maximum Gasteiger partial charge on any atom is 0.407 e. The predicted octanol–water partition coefficient (Wildman–Crippen LogP) is 2.71. The molecule has 1 aliphatic carbocycles. The minimum Gasteiger partial charge on any atom is -0.465 e. The summed E-state index contributed by atoms with van der Waals surface area (Å²) in [5, 5.41) is 18.2. The van der Waals surface area contributed by atoms with Crippen LogP contribution in [0.15, 0.2) is 0 Å². The summed E-state index contributed by atoms with van der Waals surface area (Å²) < 4.78 is 0. The minimum absolute atomic E-state index is 0.141. The van der Waals surface area contributed by atoms with Gasteiger partial charge in [-0.1, -0.05) is 0 Å². The quantitative estimate of drug-likeness (QED) is 0.801. The fourth-order valence-electron chi connectivity index (χ4n) is 2.87. The highest BCUT2D eigenvalue weighted by Gasteiger charge is 2.35. The molecule has 1 amide bonds. The molecular weight excluding hydrogens is 218 g/mol. The smallest absolute Gasteiger partial charge is 0.407 e. The molecule has 0 unspecified atom stereocenters. The van der Waals surface area contributed by atoms with Gasteiger partial charge >= 0.3 is 6.09 Å². The summed E-state index contributed by atoms with van der Waals surface area (Å²) in [6.45, 7) is 6.08. The highest BCUT2D eigenvalue weighted by atomic mass is 16.4. The topological polar surface area (TPSA) is 60.8 Å². The summed E-state index contributed by atoms with van der Waals surface area (Å²) in [6, 6.07) is 0.141. The molecule has 4 heteroatoms. The lowest BCUT2D eigenvalue weighted by atomic mass is 9.82. The second-order valence-corrected chi connectivity index (χ2v) is 6.01. The van der Waals surface area contributed by atoms with E-state index >= 15 is 0 Å². The molecule has 0 saturated heterocycles. The largest absolute Gasteiger partial charge is 0.465 e. The lowest BCUT2D eigenvalue weighted by molar-refractivity contribution is 0.0482. The fourth-order valence-corrected chi connectivity index (χ4v) is 2.87. The van der Waals surface area contributed by atoms with Crippen molar-refractivity contribution in [2.45, 2.75) is 64.5 Å². The van der Waals surface area contributed by atoms with Gasteiger partial charge in [0.2, 0.25) is 0 Å². The van der Waals surface area contributed by atoms with E-state index in [9.17, 15) is 9.90 Å². The van der Waals surface area contributed by atoms with Crippen LogP contribution in [0.25, 0.3) is 0 Å². The third-order valence-electron chi connectivity index (χ3n) is 3.65. The van der Waals surface area contributed by atoms with Gasteiger partial charge in [0.1, 0.15) is 0 Å². The van der Waals surface area contributed by atoms with Crippen molar-refractivity contribution in [2.24, 2.45) is 5.92 Å². The SMILES string of the molecule is CC(C)(C)N(C(=O)O)C1CCC(CCO)CC1. The van der Waals surface area contributed by atoms with Crippen LogP contribution >= 0.6 is 0 Å². The highest BCUT2D eigenvalue weighted by Crippen LogP contribution is 2.32. The number of hydrogen-bond acceptors (Lipinski definition) is 2. The first kappa shape index (κ1) is 14.3. The Kier molecular flexibility index (Phi) is 4.80. The molecule has 0 spiro atoms. The lowest BCUT2D eigenvalue weighted by Crippen LogP contribution is -2.52. The van der Waals surface area contributed by atoms with Gasteiger partial charge in [-0.15, -0.1) is 0 Å². The molecule has 4 nitrogen and oxygen atoms in total. The van der Waals surface area contributed by atoms with Gasteiger partial charge in [-0.05, 0) is 58.8 Å². The highest BCUT2D eigenvalue weighted by molar-refractivity contribution is 5.66. The normalized spacial score (nSPS) is 25.6. The Morgan fingerprint density at radius 3 is 2.12 bits per heavy atom. The van der Waals surface area contributed by atoms with Crippen molar-refractivity contribution in [2.75, 3.05) is 6.61 Å². The molecule has 1 saturated carbocycles. The van der Waals surface area contributed by atoms with Gasteiger partial charge in [-0.2, -0.15) is 0 Å². The summed E-state index contributed by atoms with van der Waals surface area (Å²) in [5.41, 5.74) is -0.333. The minimum atomic E-state index is -0.817. The van der Waals surface area contributed by atoms with Gasteiger partial charge in [0, 0.05) is 18.2 Å². The van der Waals surface area contributed by atoms with E-state index in [4.69, 9.17) is 5.11 Å². The fraction of sp³-hybridized carbons (Fsp3) is 0.923. The van der Waals surface area contributed by atoms with Gasteiger partial charge in [-0.25, -0.2) is 4.79 Å². The maximum absolute atomic E-state index is 11.3. The second-order valence-electron chi connectivity index (χ2n) is 6.01. The molecule has 17 heavy (non-hydrogen) atoms. The van der Waals surface area contributed by atoms with Crippen LogP contribution in [0.2, 0.25) is 0 Å². The summed E-state index contributed by atoms with van der Waals surface area (Å²) in [4.78, 5) is 12.9. The molecular formula is C13H25NO3. The summed E-state index contributed by atoms with van der Waals surface area (Å²) in [5.74, 6) is 0.576. The van der Waals surface area contributed by atoms with Gasteiger partial charge in [0.05, 0.1) is 0 Å². The van der Waals surface area contributed by atoms with Crippen LogP contribution in [0.1, 0.15) is 52.9 Å². The van der Waals surface area contributed by atoms with Gasteiger partial charge in [0.25, 0.3) is 0 Å². The Labute approximate surface area is 104 Å². The number of carboxylic acid groups (broad SMARTS) is 1. The molecule has 0 aromatic heterocycles. The first-order chi connectivity index (χ1) is 7.86. The van der Waals surface area contributed by atoms with Crippen LogP contribution in [0, 0.1) is 5.92 Å². The molecule has 0 radical (unpaired) electrons. The van der Waals surface area contributed by atoms with E-state index in [1.54, 1.807) is 4.90 Å². The lowest BCUT2D eigenvalue weighted by Gasteiger charge is -2.42. The van der Waals surface area contributed by atoms with Crippen molar-refractivity contribution in [1.29, 1.82) is 0 Å². The van der Waals surface area contributed by atoms with Crippen molar-refractivity contribution in [3.05, 3.63) is 0 Å². The van der Waals surface area contributed by atoms with Crippen LogP contribution in [0.3, 0.4) is 0 Å². The molecule has 100 valence electrons. The van der Waals surface area contributed by atoms with E-state index < -0.39 is 6.09 Å². The van der Waals surface area contributed by atoms with E-state index in [2.05, 4.69) is 0 Å². The molecule has 0 aromatic rings. The molecule has 0 heterocycles. The maximum atomic E-state index is 11.3. The average molecular weight is 243 g/mol. The number of rotatable bonds is 3. The van der Waals surface area contributed by atoms with E-state index in [1.165, 1.54) is 0 Å². The van der Waals surface area contributed by atoms with Crippen LogP contribution in [-0.4, -0.2) is 39.4 Å². The van der Waals surface area contributed by atoms with E-state index in [0.717, 1.165) is 32.1 Å². The number of aliphatic hydroxyl groups excluding tert-OH is 1. The Morgan fingerprint density at radius 1 is 1.24 bits per heavy atom. The first-order valence-corrected chi connectivity index (χ1v) is 6.49. The number of amides is 1.